The number of aryl methyl sites for hydroxylation is 1. The highest BCUT2D eigenvalue weighted by atomic mass is 16.5. The Balaban J connectivity index is 2.13. The molecule has 3 rings (SSSR count). The lowest BCUT2D eigenvalue weighted by atomic mass is 10.1. The van der Waals surface area contributed by atoms with E-state index in [2.05, 4.69) is 5.10 Å². The van der Waals surface area contributed by atoms with Crippen molar-refractivity contribution in [3.05, 3.63) is 35.9 Å². The maximum atomic E-state index is 11.3. The fourth-order valence-electron chi connectivity index (χ4n) is 2.21. The molecule has 0 saturated carbocycles. The fourth-order valence-corrected chi connectivity index (χ4v) is 2.21. The van der Waals surface area contributed by atoms with Gasteiger partial charge in [0, 0.05) is 12.1 Å². The standard InChI is InChI=1S/C14H14N2O2/c17-10-12-13(11-6-2-1-3-7-11)15-16-8-4-5-9-18-14(12)16/h1-3,6-7,10H,4-5,8-9H2. The van der Waals surface area contributed by atoms with Crippen LogP contribution in [0.5, 0.6) is 5.88 Å². The van der Waals surface area contributed by atoms with E-state index >= 15 is 0 Å². The zero-order chi connectivity index (χ0) is 12.4. The summed E-state index contributed by atoms with van der Waals surface area (Å²) in [5.41, 5.74) is 2.22. The molecular weight excluding hydrogens is 228 g/mol. The van der Waals surface area contributed by atoms with Crippen LogP contribution in [-0.2, 0) is 6.54 Å². The molecule has 0 unspecified atom stereocenters. The molecule has 1 aliphatic heterocycles. The third-order valence-electron chi connectivity index (χ3n) is 3.11. The van der Waals surface area contributed by atoms with E-state index in [-0.39, 0.29) is 0 Å². The van der Waals surface area contributed by atoms with Crippen molar-refractivity contribution >= 4 is 6.29 Å². The van der Waals surface area contributed by atoms with Gasteiger partial charge in [-0.25, -0.2) is 4.68 Å². The number of rotatable bonds is 2. The Kier molecular flexibility index (Phi) is 2.84. The largest absolute Gasteiger partial charge is 0.477 e. The first-order chi connectivity index (χ1) is 8.90. The van der Waals surface area contributed by atoms with Gasteiger partial charge in [-0.2, -0.15) is 5.10 Å². The van der Waals surface area contributed by atoms with Crippen molar-refractivity contribution in [2.75, 3.05) is 6.61 Å². The molecule has 0 fully saturated rings. The highest BCUT2D eigenvalue weighted by Gasteiger charge is 2.21. The van der Waals surface area contributed by atoms with Gasteiger partial charge in [0.2, 0.25) is 5.88 Å². The van der Waals surface area contributed by atoms with Gasteiger partial charge in [-0.05, 0) is 12.8 Å². The lowest BCUT2D eigenvalue weighted by Gasteiger charge is -2.02. The van der Waals surface area contributed by atoms with Crippen molar-refractivity contribution in [1.29, 1.82) is 0 Å². The Hall–Kier alpha value is -2.10. The van der Waals surface area contributed by atoms with Crippen LogP contribution in [-0.4, -0.2) is 22.7 Å². The first kappa shape index (κ1) is 11.0. The molecular formula is C14H14N2O2. The molecule has 4 nitrogen and oxygen atoms in total. The summed E-state index contributed by atoms with van der Waals surface area (Å²) in [6.07, 6.45) is 2.87. The van der Waals surface area contributed by atoms with E-state index < -0.39 is 0 Å². The van der Waals surface area contributed by atoms with E-state index in [1.807, 2.05) is 30.3 Å². The van der Waals surface area contributed by atoms with E-state index in [9.17, 15) is 4.79 Å². The van der Waals surface area contributed by atoms with E-state index in [0.717, 1.165) is 31.2 Å². The smallest absolute Gasteiger partial charge is 0.223 e. The Labute approximate surface area is 105 Å². The van der Waals surface area contributed by atoms with Gasteiger partial charge in [-0.3, -0.25) is 4.79 Å². The topological polar surface area (TPSA) is 44.1 Å². The van der Waals surface area contributed by atoms with Crippen LogP contribution in [0, 0.1) is 0 Å². The summed E-state index contributed by atoms with van der Waals surface area (Å²) >= 11 is 0. The first-order valence-electron chi connectivity index (χ1n) is 6.14. The minimum absolute atomic E-state index is 0.558. The normalized spacial score (nSPS) is 14.4. The van der Waals surface area contributed by atoms with Gasteiger partial charge in [0.15, 0.2) is 6.29 Å². The molecule has 0 radical (unpaired) electrons. The number of hydrogen-bond donors (Lipinski definition) is 0. The van der Waals surface area contributed by atoms with Gasteiger partial charge >= 0.3 is 0 Å². The second kappa shape index (κ2) is 4.64. The molecule has 1 aromatic carbocycles. The summed E-state index contributed by atoms with van der Waals surface area (Å²) in [6, 6.07) is 9.73. The van der Waals surface area contributed by atoms with Crippen LogP contribution in [0.15, 0.2) is 30.3 Å². The number of aldehydes is 1. The van der Waals surface area contributed by atoms with Gasteiger partial charge in [0.25, 0.3) is 0 Å². The molecule has 92 valence electrons. The predicted octanol–water partition coefficient (Wildman–Crippen LogP) is 2.54. The quantitative estimate of drug-likeness (QED) is 0.760. The highest BCUT2D eigenvalue weighted by Crippen LogP contribution is 2.30. The Morgan fingerprint density at radius 1 is 1.22 bits per heavy atom. The molecule has 2 aromatic rings. The number of carbonyl (C=O) groups is 1. The molecule has 0 amide bonds. The van der Waals surface area contributed by atoms with E-state index in [4.69, 9.17) is 4.74 Å². The van der Waals surface area contributed by atoms with Crippen LogP contribution in [0.1, 0.15) is 23.2 Å². The first-order valence-corrected chi connectivity index (χ1v) is 6.14. The number of hydrogen-bond acceptors (Lipinski definition) is 3. The molecule has 0 aliphatic carbocycles. The third kappa shape index (κ3) is 1.79. The molecule has 0 bridgehead atoms. The number of fused-ring (bicyclic) bond motifs is 1. The number of nitrogens with zero attached hydrogens (tertiary/aromatic N) is 2. The molecule has 0 spiro atoms. The lowest BCUT2D eigenvalue weighted by molar-refractivity contribution is 0.112. The van der Waals surface area contributed by atoms with Crippen molar-refractivity contribution in [3.63, 3.8) is 0 Å². The summed E-state index contributed by atoms with van der Waals surface area (Å²) in [6.45, 7) is 1.46. The summed E-state index contributed by atoms with van der Waals surface area (Å²) < 4.78 is 7.45. The average Bonchev–Trinajstić information content (AvgIpc) is 2.61. The highest BCUT2D eigenvalue weighted by molar-refractivity contribution is 5.88. The van der Waals surface area contributed by atoms with Crippen molar-refractivity contribution in [1.82, 2.24) is 9.78 Å². The number of benzene rings is 1. The fraction of sp³-hybridized carbons (Fsp3) is 0.286. The number of aromatic nitrogens is 2. The Morgan fingerprint density at radius 3 is 2.83 bits per heavy atom. The van der Waals surface area contributed by atoms with E-state index in [0.29, 0.717) is 23.7 Å². The van der Waals surface area contributed by atoms with Crippen LogP contribution in [0.4, 0.5) is 0 Å². The van der Waals surface area contributed by atoms with Crippen molar-refractivity contribution in [2.24, 2.45) is 0 Å². The zero-order valence-corrected chi connectivity index (χ0v) is 10.0. The molecule has 1 aromatic heterocycles. The molecule has 0 atom stereocenters. The van der Waals surface area contributed by atoms with Crippen LogP contribution in [0.25, 0.3) is 11.3 Å². The van der Waals surface area contributed by atoms with Gasteiger partial charge in [-0.15, -0.1) is 0 Å². The summed E-state index contributed by atoms with van der Waals surface area (Å²) in [7, 11) is 0. The van der Waals surface area contributed by atoms with Crippen LogP contribution < -0.4 is 4.74 Å². The molecule has 0 N–H and O–H groups in total. The monoisotopic (exact) mass is 242 g/mol. The number of carbonyl (C=O) groups excluding carboxylic acids is 1. The van der Waals surface area contributed by atoms with Crippen molar-refractivity contribution in [2.45, 2.75) is 19.4 Å². The Bertz CT molecular complexity index is 561. The third-order valence-corrected chi connectivity index (χ3v) is 3.11. The lowest BCUT2D eigenvalue weighted by Crippen LogP contribution is -2.00. The van der Waals surface area contributed by atoms with Crippen LogP contribution in [0.2, 0.25) is 0 Å². The Morgan fingerprint density at radius 2 is 2.06 bits per heavy atom. The van der Waals surface area contributed by atoms with E-state index in [1.54, 1.807) is 4.68 Å². The average molecular weight is 242 g/mol. The predicted molar refractivity (Wildman–Crippen MR) is 67.8 cm³/mol. The van der Waals surface area contributed by atoms with Crippen LogP contribution in [0.3, 0.4) is 0 Å². The van der Waals surface area contributed by atoms with Gasteiger partial charge in [0.05, 0.1) is 6.61 Å². The second-order valence-corrected chi connectivity index (χ2v) is 4.33. The molecule has 0 saturated heterocycles. The SMILES string of the molecule is O=Cc1c(-c2ccccc2)nn2c1OCCCC2. The van der Waals surface area contributed by atoms with Crippen LogP contribution >= 0.6 is 0 Å². The summed E-state index contributed by atoms with van der Waals surface area (Å²) in [4.78, 5) is 11.3. The molecule has 18 heavy (non-hydrogen) atoms. The summed E-state index contributed by atoms with van der Waals surface area (Å²) in [5.74, 6) is 0.612. The second-order valence-electron chi connectivity index (χ2n) is 4.33. The molecule has 1 aliphatic rings. The minimum Gasteiger partial charge on any atom is -0.477 e. The maximum Gasteiger partial charge on any atom is 0.223 e. The van der Waals surface area contributed by atoms with Gasteiger partial charge in [0.1, 0.15) is 11.3 Å². The summed E-state index contributed by atoms with van der Waals surface area (Å²) in [5, 5.41) is 4.51. The molecule has 4 heteroatoms. The zero-order valence-electron chi connectivity index (χ0n) is 10.0. The minimum atomic E-state index is 0.558. The van der Waals surface area contributed by atoms with E-state index in [1.165, 1.54) is 0 Å². The maximum absolute atomic E-state index is 11.3. The van der Waals surface area contributed by atoms with Gasteiger partial charge < -0.3 is 4.74 Å². The molecule has 2 heterocycles. The number of ether oxygens (including phenoxy) is 1. The van der Waals surface area contributed by atoms with Gasteiger partial charge in [-0.1, -0.05) is 30.3 Å². The van der Waals surface area contributed by atoms with Crippen molar-refractivity contribution < 1.29 is 9.53 Å². The van der Waals surface area contributed by atoms with Crippen molar-refractivity contribution in [3.8, 4) is 17.1 Å².